The normalized spacial score (nSPS) is 15.3. The SMILES string of the molecule is CC(C)(C)Nc1nc(Nc2ccc(C(F)(F)F)cc2C(F)(F)F)cc(C2CC2)n1. The molecule has 0 spiro atoms. The van der Waals surface area contributed by atoms with Crippen LogP contribution in [0.2, 0.25) is 0 Å². The van der Waals surface area contributed by atoms with Crippen molar-refractivity contribution in [1.82, 2.24) is 9.97 Å². The first-order valence-electron chi connectivity index (χ1n) is 8.95. The van der Waals surface area contributed by atoms with Crippen molar-refractivity contribution in [1.29, 1.82) is 0 Å². The second kappa shape index (κ2) is 7.07. The Bertz CT molecular complexity index is 895. The van der Waals surface area contributed by atoms with E-state index in [2.05, 4.69) is 20.6 Å². The standard InChI is InChI=1S/C19H20F6N4/c1-17(2,3)29-16-27-14(10-4-5-10)9-15(28-16)26-13-7-6-11(18(20,21)22)8-12(13)19(23,24)25/h6-10H,4-5H2,1-3H3,(H2,26,27,28,29). The topological polar surface area (TPSA) is 49.8 Å². The fraction of sp³-hybridized carbons (Fsp3) is 0.474. The molecule has 1 aromatic heterocycles. The van der Waals surface area contributed by atoms with Crippen molar-refractivity contribution < 1.29 is 26.3 Å². The highest BCUT2D eigenvalue weighted by molar-refractivity contribution is 5.63. The summed E-state index contributed by atoms with van der Waals surface area (Å²) in [5.74, 6) is 0.525. The van der Waals surface area contributed by atoms with Gasteiger partial charge in [0.2, 0.25) is 5.95 Å². The predicted octanol–water partition coefficient (Wildman–Crippen LogP) is 6.35. The smallest absolute Gasteiger partial charge is 0.350 e. The molecule has 2 N–H and O–H groups in total. The molecule has 29 heavy (non-hydrogen) atoms. The zero-order chi connectivity index (χ0) is 21.6. The van der Waals surface area contributed by atoms with Crippen molar-refractivity contribution in [2.45, 2.75) is 57.4 Å². The number of hydrogen-bond acceptors (Lipinski definition) is 4. The summed E-state index contributed by atoms with van der Waals surface area (Å²) in [6.07, 6.45) is -8.02. The lowest BCUT2D eigenvalue weighted by atomic mass is 10.1. The average Bonchev–Trinajstić information content (AvgIpc) is 3.36. The lowest BCUT2D eigenvalue weighted by Crippen LogP contribution is -2.27. The molecule has 0 unspecified atom stereocenters. The number of alkyl halides is 6. The molecule has 0 saturated heterocycles. The van der Waals surface area contributed by atoms with E-state index in [1.165, 1.54) is 6.07 Å². The molecule has 3 rings (SSSR count). The van der Waals surface area contributed by atoms with E-state index in [9.17, 15) is 26.3 Å². The molecular formula is C19H20F6N4. The van der Waals surface area contributed by atoms with E-state index >= 15 is 0 Å². The first-order chi connectivity index (χ1) is 13.2. The average molecular weight is 418 g/mol. The molecule has 1 fully saturated rings. The molecule has 0 radical (unpaired) electrons. The van der Waals surface area contributed by atoms with Crippen LogP contribution in [0.25, 0.3) is 0 Å². The highest BCUT2D eigenvalue weighted by Crippen LogP contribution is 2.42. The molecule has 1 aliphatic carbocycles. The Morgan fingerprint density at radius 2 is 1.55 bits per heavy atom. The minimum absolute atomic E-state index is 0.0823. The lowest BCUT2D eigenvalue weighted by molar-refractivity contribution is -0.142. The summed E-state index contributed by atoms with van der Waals surface area (Å²) in [7, 11) is 0. The number of nitrogens with zero attached hydrogens (tertiary/aromatic N) is 2. The highest BCUT2D eigenvalue weighted by Gasteiger charge is 2.38. The Hall–Kier alpha value is -2.52. The van der Waals surface area contributed by atoms with Crippen LogP contribution in [0.1, 0.15) is 56.4 Å². The number of aromatic nitrogens is 2. The molecule has 1 saturated carbocycles. The van der Waals surface area contributed by atoms with Crippen molar-refractivity contribution >= 4 is 17.5 Å². The molecule has 0 aliphatic heterocycles. The molecule has 158 valence electrons. The van der Waals surface area contributed by atoms with Gasteiger partial charge in [-0.15, -0.1) is 0 Å². The van der Waals surface area contributed by atoms with Crippen LogP contribution in [0.5, 0.6) is 0 Å². The van der Waals surface area contributed by atoms with Gasteiger partial charge in [0.1, 0.15) is 5.82 Å². The van der Waals surface area contributed by atoms with Crippen molar-refractivity contribution in [3.05, 3.63) is 41.1 Å². The Kier molecular flexibility index (Phi) is 5.17. The van der Waals surface area contributed by atoms with Crippen LogP contribution in [0, 0.1) is 0 Å². The molecule has 0 atom stereocenters. The Balaban J connectivity index is 2.00. The van der Waals surface area contributed by atoms with Gasteiger partial charge in [0.15, 0.2) is 0 Å². The van der Waals surface area contributed by atoms with Crippen molar-refractivity contribution in [3.8, 4) is 0 Å². The van der Waals surface area contributed by atoms with Crippen LogP contribution in [-0.4, -0.2) is 15.5 Å². The summed E-state index contributed by atoms with van der Waals surface area (Å²) in [6.45, 7) is 5.64. The summed E-state index contributed by atoms with van der Waals surface area (Å²) < 4.78 is 78.7. The second-order valence-corrected chi connectivity index (χ2v) is 8.03. The van der Waals surface area contributed by atoms with Gasteiger partial charge >= 0.3 is 12.4 Å². The fourth-order valence-corrected chi connectivity index (χ4v) is 2.71. The first-order valence-corrected chi connectivity index (χ1v) is 8.95. The number of rotatable bonds is 4. The third-order valence-electron chi connectivity index (χ3n) is 4.14. The molecule has 1 aliphatic rings. The summed E-state index contributed by atoms with van der Waals surface area (Å²) in [4.78, 5) is 8.60. The number of anilines is 3. The Morgan fingerprint density at radius 3 is 2.07 bits per heavy atom. The van der Waals surface area contributed by atoms with E-state index in [4.69, 9.17) is 0 Å². The monoisotopic (exact) mass is 418 g/mol. The molecule has 4 nitrogen and oxygen atoms in total. The highest BCUT2D eigenvalue weighted by atomic mass is 19.4. The van der Waals surface area contributed by atoms with E-state index in [-0.39, 0.29) is 29.3 Å². The first kappa shape index (κ1) is 21.2. The molecule has 10 heteroatoms. The van der Waals surface area contributed by atoms with Crippen molar-refractivity contribution in [2.24, 2.45) is 0 Å². The van der Waals surface area contributed by atoms with Gasteiger partial charge in [-0.05, 0) is 51.8 Å². The number of nitrogens with one attached hydrogen (secondary N) is 2. The summed E-state index contributed by atoms with van der Waals surface area (Å²) in [6, 6.07) is 3.00. The van der Waals surface area contributed by atoms with Gasteiger partial charge < -0.3 is 10.6 Å². The maximum absolute atomic E-state index is 13.4. The third kappa shape index (κ3) is 5.51. The summed E-state index contributed by atoms with van der Waals surface area (Å²) in [5, 5.41) is 5.60. The quantitative estimate of drug-likeness (QED) is 0.569. The molecule has 2 aromatic rings. The maximum atomic E-state index is 13.4. The van der Waals surface area contributed by atoms with E-state index in [1.54, 1.807) is 0 Å². The van der Waals surface area contributed by atoms with Crippen LogP contribution >= 0.6 is 0 Å². The molecule has 0 amide bonds. The van der Waals surface area contributed by atoms with Crippen LogP contribution in [0.3, 0.4) is 0 Å². The fourth-order valence-electron chi connectivity index (χ4n) is 2.71. The number of hydrogen-bond donors (Lipinski definition) is 2. The number of halogens is 6. The Labute approximate surface area is 163 Å². The van der Waals surface area contributed by atoms with Crippen LogP contribution in [0.4, 0.5) is 43.8 Å². The van der Waals surface area contributed by atoms with Crippen LogP contribution < -0.4 is 10.6 Å². The zero-order valence-corrected chi connectivity index (χ0v) is 16.0. The van der Waals surface area contributed by atoms with Gasteiger partial charge in [0, 0.05) is 17.5 Å². The minimum atomic E-state index is -4.97. The van der Waals surface area contributed by atoms with Crippen molar-refractivity contribution in [3.63, 3.8) is 0 Å². The van der Waals surface area contributed by atoms with Gasteiger partial charge in [-0.1, -0.05) is 0 Å². The Morgan fingerprint density at radius 1 is 0.897 bits per heavy atom. The van der Waals surface area contributed by atoms with E-state index < -0.39 is 29.2 Å². The van der Waals surface area contributed by atoms with E-state index in [0.717, 1.165) is 18.9 Å². The molecule has 1 aromatic carbocycles. The predicted molar refractivity (Wildman–Crippen MR) is 97.1 cm³/mol. The molecule has 1 heterocycles. The van der Waals surface area contributed by atoms with Gasteiger partial charge in [0.25, 0.3) is 0 Å². The maximum Gasteiger partial charge on any atom is 0.418 e. The second-order valence-electron chi connectivity index (χ2n) is 8.03. The third-order valence-corrected chi connectivity index (χ3v) is 4.14. The van der Waals surface area contributed by atoms with Gasteiger partial charge in [-0.2, -0.15) is 31.3 Å². The van der Waals surface area contributed by atoms with E-state index in [0.29, 0.717) is 11.8 Å². The number of benzene rings is 1. The van der Waals surface area contributed by atoms with Crippen molar-refractivity contribution in [2.75, 3.05) is 10.6 Å². The van der Waals surface area contributed by atoms with Crippen LogP contribution in [0.15, 0.2) is 24.3 Å². The van der Waals surface area contributed by atoms with Gasteiger partial charge in [-0.25, -0.2) is 4.98 Å². The largest absolute Gasteiger partial charge is 0.418 e. The minimum Gasteiger partial charge on any atom is -0.350 e. The lowest BCUT2D eigenvalue weighted by Gasteiger charge is -2.22. The summed E-state index contributed by atoms with van der Waals surface area (Å²) >= 11 is 0. The van der Waals surface area contributed by atoms with Crippen LogP contribution in [-0.2, 0) is 12.4 Å². The van der Waals surface area contributed by atoms with E-state index in [1.807, 2.05) is 20.8 Å². The molecule has 0 bridgehead atoms. The molecular weight excluding hydrogens is 398 g/mol. The summed E-state index contributed by atoms with van der Waals surface area (Å²) in [5.41, 5.74) is -3.00. The van der Waals surface area contributed by atoms with Gasteiger partial charge in [-0.3, -0.25) is 0 Å². The zero-order valence-electron chi connectivity index (χ0n) is 16.0. The van der Waals surface area contributed by atoms with Gasteiger partial charge in [0.05, 0.1) is 22.5 Å².